The van der Waals surface area contributed by atoms with Crippen LogP contribution in [0.15, 0.2) is 65.3 Å². The number of nitrogens with one attached hydrogen (secondary N) is 2. The number of hydrogen-bond acceptors (Lipinski definition) is 7. The highest BCUT2D eigenvalue weighted by atomic mass is 16.6. The number of furan rings is 1. The smallest absolute Gasteiger partial charge is 0.293 e. The fraction of sp³-hybridized carbons (Fsp3) is 0.174. The van der Waals surface area contributed by atoms with Crippen LogP contribution in [0.4, 0.5) is 11.4 Å². The van der Waals surface area contributed by atoms with Crippen LogP contribution < -0.4 is 15.5 Å². The summed E-state index contributed by atoms with van der Waals surface area (Å²) in [6.07, 6.45) is 1.38. The first-order valence-corrected chi connectivity index (χ1v) is 9.99. The van der Waals surface area contributed by atoms with E-state index in [2.05, 4.69) is 10.6 Å². The molecule has 0 saturated heterocycles. The first-order valence-electron chi connectivity index (χ1n) is 9.99. The molecule has 2 aromatic carbocycles. The van der Waals surface area contributed by atoms with E-state index in [0.29, 0.717) is 5.69 Å². The second-order valence-electron chi connectivity index (χ2n) is 7.22. The summed E-state index contributed by atoms with van der Waals surface area (Å²) in [5, 5.41) is 16.7. The molecule has 170 valence electrons. The molecule has 3 aromatic rings. The average molecular weight is 450 g/mol. The summed E-state index contributed by atoms with van der Waals surface area (Å²) in [6, 6.07) is 13.5. The summed E-state index contributed by atoms with van der Waals surface area (Å²) < 4.78 is 4.99. The lowest BCUT2D eigenvalue weighted by Crippen LogP contribution is -2.35. The van der Waals surface area contributed by atoms with Gasteiger partial charge < -0.3 is 20.0 Å². The van der Waals surface area contributed by atoms with Crippen LogP contribution in [-0.4, -0.2) is 49.7 Å². The molecule has 0 spiro atoms. The van der Waals surface area contributed by atoms with Gasteiger partial charge in [-0.2, -0.15) is 0 Å². The van der Waals surface area contributed by atoms with Crippen molar-refractivity contribution in [3.63, 3.8) is 0 Å². The number of rotatable bonds is 9. The molecule has 0 aliphatic rings. The molecule has 0 fully saturated rings. The third-order valence-corrected chi connectivity index (χ3v) is 4.77. The van der Waals surface area contributed by atoms with Gasteiger partial charge in [-0.3, -0.25) is 24.5 Å². The average Bonchev–Trinajstić information content (AvgIpc) is 3.35. The van der Waals surface area contributed by atoms with Gasteiger partial charge in [0, 0.05) is 44.4 Å². The summed E-state index contributed by atoms with van der Waals surface area (Å²) in [5.41, 5.74) is 0.484. The molecule has 0 saturated carbocycles. The van der Waals surface area contributed by atoms with E-state index >= 15 is 0 Å². The molecule has 0 radical (unpaired) electrons. The van der Waals surface area contributed by atoms with Gasteiger partial charge in [0.1, 0.15) is 5.69 Å². The lowest BCUT2D eigenvalue weighted by atomic mass is 9.97. The Labute approximate surface area is 189 Å². The van der Waals surface area contributed by atoms with Crippen LogP contribution >= 0.6 is 0 Å². The fourth-order valence-corrected chi connectivity index (χ4v) is 3.17. The molecule has 0 atom stereocenters. The predicted molar refractivity (Wildman–Crippen MR) is 121 cm³/mol. The Bertz CT molecular complexity index is 1190. The van der Waals surface area contributed by atoms with Crippen molar-refractivity contribution < 1.29 is 23.7 Å². The first kappa shape index (κ1) is 23.2. The minimum atomic E-state index is -0.554. The van der Waals surface area contributed by atoms with Crippen LogP contribution in [0.25, 0.3) is 0 Å². The summed E-state index contributed by atoms with van der Waals surface area (Å²) in [5.74, 6) is -1.27. The molecule has 0 aliphatic carbocycles. The van der Waals surface area contributed by atoms with E-state index in [9.17, 15) is 24.5 Å². The van der Waals surface area contributed by atoms with E-state index in [4.69, 9.17) is 4.42 Å². The van der Waals surface area contributed by atoms with Crippen molar-refractivity contribution >= 4 is 29.0 Å². The number of anilines is 1. The molecular weight excluding hydrogens is 428 g/mol. The SMILES string of the molecule is CN(C)c1ccc(C(=O)c2ccccc2C(=O)NCCNC(=O)c2ccco2)cc1[N+](=O)[O-]. The number of nitrogens with zero attached hydrogens (tertiary/aromatic N) is 2. The zero-order valence-corrected chi connectivity index (χ0v) is 18.0. The van der Waals surface area contributed by atoms with Crippen LogP contribution in [0.1, 0.15) is 36.8 Å². The standard InChI is InChI=1S/C23H22N4O6/c1-26(2)18-10-9-15(14-19(18)27(31)32)21(28)16-6-3-4-7-17(16)22(29)24-11-12-25-23(30)20-8-5-13-33-20/h3-10,13-14H,11-12H2,1-2H3,(H,24,29)(H,25,30). The summed E-state index contributed by atoms with van der Waals surface area (Å²) in [7, 11) is 3.33. The van der Waals surface area contributed by atoms with Crippen LogP contribution in [-0.2, 0) is 0 Å². The molecule has 1 aromatic heterocycles. The highest BCUT2D eigenvalue weighted by Crippen LogP contribution is 2.29. The van der Waals surface area contributed by atoms with Crippen molar-refractivity contribution in [1.82, 2.24) is 10.6 Å². The molecule has 3 rings (SSSR count). The lowest BCUT2D eigenvalue weighted by Gasteiger charge is -2.14. The van der Waals surface area contributed by atoms with Gasteiger partial charge in [-0.25, -0.2) is 0 Å². The molecule has 2 amide bonds. The van der Waals surface area contributed by atoms with Crippen molar-refractivity contribution in [3.05, 3.63) is 93.4 Å². The van der Waals surface area contributed by atoms with E-state index in [-0.39, 0.29) is 41.2 Å². The molecule has 0 bridgehead atoms. The first-order chi connectivity index (χ1) is 15.8. The fourth-order valence-electron chi connectivity index (χ4n) is 3.17. The molecule has 2 N–H and O–H groups in total. The van der Waals surface area contributed by atoms with Crippen LogP contribution in [0.5, 0.6) is 0 Å². The minimum Gasteiger partial charge on any atom is -0.459 e. The topological polar surface area (TPSA) is 135 Å². The van der Waals surface area contributed by atoms with Gasteiger partial charge >= 0.3 is 0 Å². The van der Waals surface area contributed by atoms with Crippen molar-refractivity contribution in [2.45, 2.75) is 0 Å². The maximum Gasteiger partial charge on any atom is 0.293 e. The second kappa shape index (κ2) is 10.2. The molecule has 33 heavy (non-hydrogen) atoms. The lowest BCUT2D eigenvalue weighted by molar-refractivity contribution is -0.384. The zero-order chi connectivity index (χ0) is 24.0. The van der Waals surface area contributed by atoms with E-state index in [1.54, 1.807) is 37.2 Å². The highest BCUT2D eigenvalue weighted by molar-refractivity contribution is 6.15. The molecule has 0 unspecified atom stereocenters. The van der Waals surface area contributed by atoms with Gasteiger partial charge in [0.2, 0.25) is 0 Å². The predicted octanol–water partition coefficient (Wildman–Crippen LogP) is 2.64. The van der Waals surface area contributed by atoms with Crippen molar-refractivity contribution in [3.8, 4) is 0 Å². The Kier molecular flexibility index (Phi) is 7.19. The quantitative estimate of drug-likeness (QED) is 0.221. The van der Waals surface area contributed by atoms with Gasteiger partial charge in [-0.05, 0) is 30.3 Å². The van der Waals surface area contributed by atoms with E-state index in [1.165, 1.54) is 42.7 Å². The normalized spacial score (nSPS) is 10.4. The Hall–Kier alpha value is -4.47. The third kappa shape index (κ3) is 5.42. The number of carbonyl (C=O) groups excluding carboxylic acids is 3. The van der Waals surface area contributed by atoms with E-state index in [1.807, 2.05) is 0 Å². The molecule has 10 nitrogen and oxygen atoms in total. The molecule has 1 heterocycles. The largest absolute Gasteiger partial charge is 0.459 e. The monoisotopic (exact) mass is 450 g/mol. The minimum absolute atomic E-state index is 0.0956. The second-order valence-corrected chi connectivity index (χ2v) is 7.22. The van der Waals surface area contributed by atoms with Gasteiger partial charge in [-0.1, -0.05) is 18.2 Å². The molecular formula is C23H22N4O6. The summed E-state index contributed by atoms with van der Waals surface area (Å²) >= 11 is 0. The molecule has 10 heteroatoms. The Morgan fingerprint density at radius 1 is 0.939 bits per heavy atom. The number of carbonyl (C=O) groups is 3. The van der Waals surface area contributed by atoms with Gasteiger partial charge in [0.05, 0.1) is 16.7 Å². The number of nitro groups is 1. The van der Waals surface area contributed by atoms with E-state index < -0.39 is 22.5 Å². The third-order valence-electron chi connectivity index (χ3n) is 4.77. The van der Waals surface area contributed by atoms with Crippen LogP contribution in [0.2, 0.25) is 0 Å². The summed E-state index contributed by atoms with van der Waals surface area (Å²) in [6.45, 7) is 0.274. The Morgan fingerprint density at radius 2 is 1.61 bits per heavy atom. The Balaban J connectivity index is 1.72. The van der Waals surface area contributed by atoms with Crippen LogP contribution in [0, 0.1) is 10.1 Å². The van der Waals surface area contributed by atoms with Crippen molar-refractivity contribution in [2.24, 2.45) is 0 Å². The van der Waals surface area contributed by atoms with Crippen LogP contribution in [0.3, 0.4) is 0 Å². The summed E-state index contributed by atoms with van der Waals surface area (Å²) in [4.78, 5) is 50.1. The molecule has 0 aliphatic heterocycles. The number of benzene rings is 2. The maximum atomic E-state index is 13.1. The number of ketones is 1. The number of hydrogen-bond donors (Lipinski definition) is 2. The number of amides is 2. The van der Waals surface area contributed by atoms with E-state index in [0.717, 1.165) is 0 Å². The number of nitro benzene ring substituents is 1. The van der Waals surface area contributed by atoms with Crippen molar-refractivity contribution in [2.75, 3.05) is 32.1 Å². The zero-order valence-electron chi connectivity index (χ0n) is 18.0. The van der Waals surface area contributed by atoms with Crippen molar-refractivity contribution in [1.29, 1.82) is 0 Å². The highest BCUT2D eigenvalue weighted by Gasteiger charge is 2.22. The van der Waals surface area contributed by atoms with Gasteiger partial charge in [-0.15, -0.1) is 0 Å². The maximum absolute atomic E-state index is 13.1. The van der Waals surface area contributed by atoms with Gasteiger partial charge in [0.25, 0.3) is 17.5 Å². The van der Waals surface area contributed by atoms with Gasteiger partial charge in [0.15, 0.2) is 11.5 Å². The Morgan fingerprint density at radius 3 is 2.21 bits per heavy atom.